The minimum Gasteiger partial charge on any atom is -0.348 e. The number of carbonyl (C=O) groups excluding carboxylic acids is 1. The highest BCUT2D eigenvalue weighted by molar-refractivity contribution is 5.77. The molecule has 1 fully saturated rings. The van der Waals surface area contributed by atoms with E-state index in [9.17, 15) is 4.79 Å². The molecule has 1 aliphatic rings. The number of nitrogens with one attached hydrogen (secondary N) is 1. The monoisotopic (exact) mass is 184 g/mol. The molecule has 1 saturated carbocycles. The Morgan fingerprint density at radius 2 is 2.15 bits per heavy atom. The van der Waals surface area contributed by atoms with Gasteiger partial charge in [-0.2, -0.15) is 0 Å². The van der Waals surface area contributed by atoms with E-state index < -0.39 is 0 Å². The first-order valence-electron chi connectivity index (χ1n) is 5.03. The van der Waals surface area contributed by atoms with Crippen molar-refractivity contribution < 1.29 is 4.79 Å². The molecule has 0 aromatic rings. The molecule has 76 valence electrons. The first kappa shape index (κ1) is 10.5. The Balaban J connectivity index is 2.16. The van der Waals surface area contributed by atoms with E-state index in [1.807, 2.05) is 0 Å². The van der Waals surface area contributed by atoms with Crippen LogP contribution in [0.5, 0.6) is 0 Å². The molecular formula is C10H20N2O. The zero-order valence-corrected chi connectivity index (χ0v) is 8.84. The predicted molar refractivity (Wildman–Crippen MR) is 53.5 cm³/mol. The van der Waals surface area contributed by atoms with E-state index in [-0.39, 0.29) is 5.91 Å². The van der Waals surface area contributed by atoms with E-state index in [1.54, 1.807) is 19.0 Å². The summed E-state index contributed by atoms with van der Waals surface area (Å²) >= 11 is 0. The summed E-state index contributed by atoms with van der Waals surface area (Å²) < 4.78 is 0. The van der Waals surface area contributed by atoms with Gasteiger partial charge >= 0.3 is 0 Å². The fraction of sp³-hybridized carbons (Fsp3) is 0.900. The SMILES string of the molecule is CC1CCC(NCC(=O)N(C)C)C1. The van der Waals surface area contributed by atoms with Crippen molar-refractivity contribution >= 4 is 5.91 Å². The Labute approximate surface area is 80.5 Å². The van der Waals surface area contributed by atoms with E-state index >= 15 is 0 Å². The molecule has 0 spiro atoms. The Bertz CT molecular complexity index is 180. The van der Waals surface area contributed by atoms with Gasteiger partial charge in [0.2, 0.25) is 5.91 Å². The maximum Gasteiger partial charge on any atom is 0.236 e. The summed E-state index contributed by atoms with van der Waals surface area (Å²) in [7, 11) is 3.59. The first-order valence-corrected chi connectivity index (χ1v) is 5.03. The third-order valence-corrected chi connectivity index (χ3v) is 2.74. The van der Waals surface area contributed by atoms with Crippen molar-refractivity contribution in [1.29, 1.82) is 0 Å². The molecule has 1 amide bonds. The van der Waals surface area contributed by atoms with Crippen LogP contribution in [0.2, 0.25) is 0 Å². The zero-order chi connectivity index (χ0) is 9.84. The minimum atomic E-state index is 0.166. The van der Waals surface area contributed by atoms with Gasteiger partial charge in [0.25, 0.3) is 0 Å². The Hall–Kier alpha value is -0.570. The largest absolute Gasteiger partial charge is 0.348 e. The Morgan fingerprint density at radius 3 is 2.62 bits per heavy atom. The van der Waals surface area contributed by atoms with Gasteiger partial charge in [-0.25, -0.2) is 0 Å². The van der Waals surface area contributed by atoms with E-state index in [2.05, 4.69) is 12.2 Å². The van der Waals surface area contributed by atoms with Gasteiger partial charge in [0, 0.05) is 20.1 Å². The van der Waals surface area contributed by atoms with Crippen molar-refractivity contribution in [2.75, 3.05) is 20.6 Å². The molecule has 3 heteroatoms. The Morgan fingerprint density at radius 1 is 1.46 bits per heavy atom. The maximum absolute atomic E-state index is 11.2. The van der Waals surface area contributed by atoms with Gasteiger partial charge < -0.3 is 10.2 Å². The summed E-state index contributed by atoms with van der Waals surface area (Å²) in [5.74, 6) is 0.992. The highest BCUT2D eigenvalue weighted by atomic mass is 16.2. The molecule has 0 bridgehead atoms. The molecule has 0 aliphatic heterocycles. The third-order valence-electron chi connectivity index (χ3n) is 2.74. The van der Waals surface area contributed by atoms with Crippen LogP contribution in [0.25, 0.3) is 0 Å². The molecule has 1 rings (SSSR count). The van der Waals surface area contributed by atoms with Gasteiger partial charge in [-0.05, 0) is 25.2 Å². The number of hydrogen-bond donors (Lipinski definition) is 1. The number of carbonyl (C=O) groups is 1. The fourth-order valence-corrected chi connectivity index (χ4v) is 1.78. The topological polar surface area (TPSA) is 32.3 Å². The number of hydrogen-bond acceptors (Lipinski definition) is 2. The van der Waals surface area contributed by atoms with Crippen LogP contribution in [-0.4, -0.2) is 37.5 Å². The van der Waals surface area contributed by atoms with Crippen LogP contribution in [0, 0.1) is 5.92 Å². The number of rotatable bonds is 3. The summed E-state index contributed by atoms with van der Waals surface area (Å²) in [6.07, 6.45) is 3.75. The van der Waals surface area contributed by atoms with Crippen LogP contribution in [0.4, 0.5) is 0 Å². The predicted octanol–water partition coefficient (Wildman–Crippen LogP) is 0.853. The molecule has 0 radical (unpaired) electrons. The highest BCUT2D eigenvalue weighted by Crippen LogP contribution is 2.24. The van der Waals surface area contributed by atoms with E-state index in [0.717, 1.165) is 5.92 Å². The molecule has 2 atom stereocenters. The van der Waals surface area contributed by atoms with Crippen LogP contribution in [-0.2, 0) is 4.79 Å². The van der Waals surface area contributed by atoms with Crippen molar-refractivity contribution in [3.05, 3.63) is 0 Å². The van der Waals surface area contributed by atoms with Crippen LogP contribution in [0.15, 0.2) is 0 Å². The van der Waals surface area contributed by atoms with Gasteiger partial charge in [0.15, 0.2) is 0 Å². The van der Waals surface area contributed by atoms with E-state index in [0.29, 0.717) is 12.6 Å². The lowest BCUT2D eigenvalue weighted by molar-refractivity contribution is -0.127. The lowest BCUT2D eigenvalue weighted by Gasteiger charge is -2.14. The lowest BCUT2D eigenvalue weighted by Crippen LogP contribution is -2.37. The van der Waals surface area contributed by atoms with Crippen molar-refractivity contribution in [1.82, 2.24) is 10.2 Å². The quantitative estimate of drug-likeness (QED) is 0.705. The molecule has 1 N–H and O–H groups in total. The van der Waals surface area contributed by atoms with Gasteiger partial charge in [-0.15, -0.1) is 0 Å². The summed E-state index contributed by atoms with van der Waals surface area (Å²) in [4.78, 5) is 12.9. The standard InChI is InChI=1S/C10H20N2O/c1-8-4-5-9(6-8)11-7-10(13)12(2)3/h8-9,11H,4-7H2,1-3H3. The smallest absolute Gasteiger partial charge is 0.236 e. The molecule has 13 heavy (non-hydrogen) atoms. The van der Waals surface area contributed by atoms with Crippen molar-refractivity contribution in [3.8, 4) is 0 Å². The van der Waals surface area contributed by atoms with Gasteiger partial charge in [0.05, 0.1) is 6.54 Å². The second kappa shape index (κ2) is 4.61. The summed E-state index contributed by atoms with van der Waals surface area (Å²) in [6.45, 7) is 2.76. The molecule has 3 nitrogen and oxygen atoms in total. The van der Waals surface area contributed by atoms with Gasteiger partial charge in [-0.3, -0.25) is 4.79 Å². The van der Waals surface area contributed by atoms with Gasteiger partial charge in [0.1, 0.15) is 0 Å². The minimum absolute atomic E-state index is 0.166. The van der Waals surface area contributed by atoms with Gasteiger partial charge in [-0.1, -0.05) is 6.92 Å². The second-order valence-corrected chi connectivity index (χ2v) is 4.28. The fourth-order valence-electron chi connectivity index (χ4n) is 1.78. The summed E-state index contributed by atoms with van der Waals surface area (Å²) in [6, 6.07) is 0.568. The normalized spacial score (nSPS) is 27.6. The second-order valence-electron chi connectivity index (χ2n) is 4.28. The molecule has 2 unspecified atom stereocenters. The van der Waals surface area contributed by atoms with Crippen LogP contribution >= 0.6 is 0 Å². The first-order chi connectivity index (χ1) is 6.09. The van der Waals surface area contributed by atoms with Crippen molar-refractivity contribution in [2.24, 2.45) is 5.92 Å². The van der Waals surface area contributed by atoms with E-state index in [1.165, 1.54) is 19.3 Å². The summed E-state index contributed by atoms with van der Waals surface area (Å²) in [5, 5.41) is 3.30. The van der Waals surface area contributed by atoms with Crippen LogP contribution in [0.3, 0.4) is 0 Å². The number of likely N-dealkylation sites (N-methyl/N-ethyl adjacent to an activating group) is 1. The Kier molecular flexibility index (Phi) is 3.72. The average molecular weight is 184 g/mol. The average Bonchev–Trinajstić information content (AvgIpc) is 2.47. The van der Waals surface area contributed by atoms with Crippen LogP contribution in [0.1, 0.15) is 26.2 Å². The molecule has 0 heterocycles. The van der Waals surface area contributed by atoms with Crippen LogP contribution < -0.4 is 5.32 Å². The molecule has 1 aliphatic carbocycles. The van der Waals surface area contributed by atoms with Crippen molar-refractivity contribution in [2.45, 2.75) is 32.2 Å². The molecule has 0 aromatic carbocycles. The molecule has 0 aromatic heterocycles. The maximum atomic E-state index is 11.2. The number of nitrogens with zero attached hydrogens (tertiary/aromatic N) is 1. The van der Waals surface area contributed by atoms with E-state index in [4.69, 9.17) is 0 Å². The number of amides is 1. The molecule has 0 saturated heterocycles. The third kappa shape index (κ3) is 3.35. The molecular weight excluding hydrogens is 164 g/mol. The summed E-state index contributed by atoms with van der Waals surface area (Å²) in [5.41, 5.74) is 0. The zero-order valence-electron chi connectivity index (χ0n) is 8.84. The lowest BCUT2D eigenvalue weighted by atomic mass is 10.1. The highest BCUT2D eigenvalue weighted by Gasteiger charge is 2.21. The van der Waals surface area contributed by atoms with Crippen molar-refractivity contribution in [3.63, 3.8) is 0 Å².